The molecule has 5 nitrogen and oxygen atoms in total. The fourth-order valence-electron chi connectivity index (χ4n) is 4.45. The molecule has 0 radical (unpaired) electrons. The number of hydrogen-bond donors (Lipinski definition) is 0. The molecule has 5 rings (SSSR count). The van der Waals surface area contributed by atoms with E-state index in [2.05, 4.69) is 55.0 Å². The number of pyridine rings is 1. The van der Waals surface area contributed by atoms with Crippen LogP contribution in [0.1, 0.15) is 41.3 Å². The number of nitrogens with zero attached hydrogens (tertiary/aromatic N) is 5. The standard InChI is InChI=1S/C27H28FN5S/c28-25-10-8-22(9-11-25)20-34-27-31-30-26(33(27)19-21-5-2-1-3-6-21)24-12-15-32(16-13-24)18-23-7-4-14-29-17-23/h1-11,14,17,24H,12-13,15-16,18-20H2. The van der Waals surface area contributed by atoms with E-state index >= 15 is 0 Å². The highest BCUT2D eigenvalue weighted by atomic mass is 32.2. The lowest BCUT2D eigenvalue weighted by atomic mass is 9.95. The average Bonchev–Trinajstić information content (AvgIpc) is 3.27. The quantitative estimate of drug-likeness (QED) is 0.315. The zero-order chi connectivity index (χ0) is 23.2. The molecule has 4 aromatic rings. The van der Waals surface area contributed by atoms with Gasteiger partial charge in [0, 0.05) is 30.6 Å². The largest absolute Gasteiger partial charge is 0.301 e. The Balaban J connectivity index is 1.30. The summed E-state index contributed by atoms with van der Waals surface area (Å²) in [6.45, 7) is 3.77. The Bertz CT molecular complexity index is 1170. The maximum Gasteiger partial charge on any atom is 0.191 e. The van der Waals surface area contributed by atoms with Crippen LogP contribution >= 0.6 is 11.8 Å². The van der Waals surface area contributed by atoms with Crippen molar-refractivity contribution in [2.45, 2.75) is 42.8 Å². The third-order valence-corrected chi connectivity index (χ3v) is 7.33. The molecule has 174 valence electrons. The van der Waals surface area contributed by atoms with Crippen LogP contribution in [0.25, 0.3) is 0 Å². The topological polar surface area (TPSA) is 46.8 Å². The Kier molecular flexibility index (Phi) is 7.31. The molecule has 0 bridgehead atoms. The first kappa shape index (κ1) is 22.7. The van der Waals surface area contributed by atoms with Gasteiger partial charge in [0.25, 0.3) is 0 Å². The molecule has 1 aliphatic rings. The van der Waals surface area contributed by atoms with Crippen LogP contribution in [0.4, 0.5) is 4.39 Å². The van der Waals surface area contributed by atoms with Gasteiger partial charge in [-0.1, -0.05) is 60.3 Å². The van der Waals surface area contributed by atoms with Gasteiger partial charge in [-0.3, -0.25) is 9.88 Å². The maximum atomic E-state index is 13.3. The maximum absolute atomic E-state index is 13.3. The van der Waals surface area contributed by atoms with Crippen molar-refractivity contribution in [2.24, 2.45) is 0 Å². The first-order valence-electron chi connectivity index (χ1n) is 11.7. The number of piperidine rings is 1. The number of thioether (sulfide) groups is 1. The summed E-state index contributed by atoms with van der Waals surface area (Å²) in [5, 5.41) is 10.2. The van der Waals surface area contributed by atoms with Gasteiger partial charge in [0.05, 0.1) is 6.54 Å². The van der Waals surface area contributed by atoms with E-state index in [1.165, 1.54) is 23.3 Å². The van der Waals surface area contributed by atoms with E-state index in [-0.39, 0.29) is 5.82 Å². The van der Waals surface area contributed by atoms with Gasteiger partial charge in [0.1, 0.15) is 11.6 Å². The van der Waals surface area contributed by atoms with Crippen molar-refractivity contribution < 1.29 is 4.39 Å². The lowest BCUT2D eigenvalue weighted by molar-refractivity contribution is 0.200. The molecule has 0 saturated carbocycles. The third kappa shape index (κ3) is 5.72. The molecular formula is C27H28FN5S. The first-order chi connectivity index (χ1) is 16.7. The van der Waals surface area contributed by atoms with Crippen LogP contribution in [-0.2, 0) is 18.8 Å². The van der Waals surface area contributed by atoms with E-state index in [0.717, 1.165) is 61.3 Å². The highest BCUT2D eigenvalue weighted by Crippen LogP contribution is 2.31. The molecule has 1 fully saturated rings. The smallest absolute Gasteiger partial charge is 0.191 e. The van der Waals surface area contributed by atoms with Crippen LogP contribution in [-0.4, -0.2) is 37.7 Å². The average molecular weight is 474 g/mol. The second-order valence-corrected chi connectivity index (χ2v) is 9.68. The van der Waals surface area contributed by atoms with E-state index in [1.807, 2.05) is 36.7 Å². The summed E-state index contributed by atoms with van der Waals surface area (Å²) in [5.41, 5.74) is 3.57. The van der Waals surface area contributed by atoms with Gasteiger partial charge < -0.3 is 4.57 Å². The van der Waals surface area contributed by atoms with Crippen LogP contribution in [0.5, 0.6) is 0 Å². The molecule has 34 heavy (non-hydrogen) atoms. The zero-order valence-corrected chi connectivity index (χ0v) is 19.9. The summed E-state index contributed by atoms with van der Waals surface area (Å²) in [5.74, 6) is 1.99. The fourth-order valence-corrected chi connectivity index (χ4v) is 5.35. The molecule has 2 aromatic carbocycles. The number of likely N-dealkylation sites (tertiary alicyclic amines) is 1. The first-order valence-corrected chi connectivity index (χ1v) is 12.7. The Hall–Kier alpha value is -3.03. The number of rotatable bonds is 8. The van der Waals surface area contributed by atoms with Crippen LogP contribution in [0.3, 0.4) is 0 Å². The van der Waals surface area contributed by atoms with Crippen LogP contribution in [0.2, 0.25) is 0 Å². The van der Waals surface area contributed by atoms with Gasteiger partial charge in [-0.25, -0.2) is 4.39 Å². The van der Waals surface area contributed by atoms with E-state index in [9.17, 15) is 4.39 Å². The second kappa shape index (κ2) is 10.9. The highest BCUT2D eigenvalue weighted by molar-refractivity contribution is 7.98. The molecule has 7 heteroatoms. The predicted octanol–water partition coefficient (Wildman–Crippen LogP) is 5.53. The summed E-state index contributed by atoms with van der Waals surface area (Å²) >= 11 is 1.66. The molecule has 1 saturated heterocycles. The number of aromatic nitrogens is 4. The molecule has 0 aliphatic carbocycles. The van der Waals surface area contributed by atoms with Crippen molar-refractivity contribution in [3.63, 3.8) is 0 Å². The summed E-state index contributed by atoms with van der Waals surface area (Å²) in [7, 11) is 0. The highest BCUT2D eigenvalue weighted by Gasteiger charge is 2.26. The van der Waals surface area contributed by atoms with Gasteiger partial charge in [-0.2, -0.15) is 0 Å². The number of hydrogen-bond acceptors (Lipinski definition) is 5. The van der Waals surface area contributed by atoms with Crippen LogP contribution < -0.4 is 0 Å². The van der Waals surface area contributed by atoms with Gasteiger partial charge >= 0.3 is 0 Å². The fraction of sp³-hybridized carbons (Fsp3) is 0.296. The zero-order valence-electron chi connectivity index (χ0n) is 19.1. The molecule has 0 spiro atoms. The Morgan fingerprint density at radius 3 is 2.32 bits per heavy atom. The monoisotopic (exact) mass is 473 g/mol. The van der Waals surface area contributed by atoms with Crippen molar-refractivity contribution in [3.8, 4) is 0 Å². The Morgan fingerprint density at radius 2 is 1.59 bits per heavy atom. The summed E-state index contributed by atoms with van der Waals surface area (Å²) in [6.07, 6.45) is 5.90. The van der Waals surface area contributed by atoms with E-state index in [1.54, 1.807) is 11.8 Å². The third-order valence-electron chi connectivity index (χ3n) is 6.29. The van der Waals surface area contributed by atoms with Crippen molar-refractivity contribution in [1.29, 1.82) is 0 Å². The molecule has 0 N–H and O–H groups in total. The molecule has 0 amide bonds. The van der Waals surface area contributed by atoms with Crippen molar-refractivity contribution in [3.05, 3.63) is 107 Å². The molecular weight excluding hydrogens is 445 g/mol. The number of benzene rings is 2. The number of halogens is 1. The minimum absolute atomic E-state index is 0.210. The summed E-state index contributed by atoms with van der Waals surface area (Å²) in [6, 6.07) is 21.3. The van der Waals surface area contributed by atoms with Crippen LogP contribution in [0, 0.1) is 5.82 Å². The lowest BCUT2D eigenvalue weighted by Crippen LogP contribution is -2.33. The molecule has 0 unspecified atom stereocenters. The van der Waals surface area contributed by atoms with E-state index < -0.39 is 0 Å². The predicted molar refractivity (Wildman–Crippen MR) is 133 cm³/mol. The van der Waals surface area contributed by atoms with Crippen molar-refractivity contribution >= 4 is 11.8 Å². The van der Waals surface area contributed by atoms with E-state index in [4.69, 9.17) is 0 Å². The minimum Gasteiger partial charge on any atom is -0.301 e. The van der Waals surface area contributed by atoms with Gasteiger partial charge in [-0.15, -0.1) is 10.2 Å². The van der Waals surface area contributed by atoms with Crippen molar-refractivity contribution in [2.75, 3.05) is 13.1 Å². The van der Waals surface area contributed by atoms with Gasteiger partial charge in [0.15, 0.2) is 5.16 Å². The van der Waals surface area contributed by atoms with Gasteiger partial charge in [-0.05, 0) is 60.8 Å². The van der Waals surface area contributed by atoms with Crippen molar-refractivity contribution in [1.82, 2.24) is 24.6 Å². The van der Waals surface area contributed by atoms with Gasteiger partial charge in [0.2, 0.25) is 0 Å². The SMILES string of the molecule is Fc1ccc(CSc2nnc(C3CCN(Cc4cccnc4)CC3)n2Cc2ccccc2)cc1. The molecule has 0 atom stereocenters. The minimum atomic E-state index is -0.210. The Labute approximate surface area is 204 Å². The molecule has 3 heterocycles. The lowest BCUT2D eigenvalue weighted by Gasteiger charge is -2.31. The Morgan fingerprint density at radius 1 is 0.824 bits per heavy atom. The summed E-state index contributed by atoms with van der Waals surface area (Å²) < 4.78 is 15.6. The molecule has 2 aromatic heterocycles. The molecule has 1 aliphatic heterocycles. The second-order valence-electron chi connectivity index (χ2n) is 8.74. The van der Waals surface area contributed by atoms with E-state index in [0.29, 0.717) is 5.92 Å². The van der Waals surface area contributed by atoms with Crippen LogP contribution in [0.15, 0.2) is 84.3 Å². The summed E-state index contributed by atoms with van der Waals surface area (Å²) in [4.78, 5) is 6.74. The normalized spacial score (nSPS) is 15.0.